The Morgan fingerprint density at radius 2 is 2.00 bits per heavy atom. The summed E-state index contributed by atoms with van der Waals surface area (Å²) in [5, 5.41) is 18.4. The van der Waals surface area contributed by atoms with Crippen LogP contribution in [0.4, 0.5) is 14.9 Å². The molecular formula is C25H32FN5O4S. The quantitative estimate of drug-likeness (QED) is 0.515. The zero-order valence-corrected chi connectivity index (χ0v) is 21.2. The number of hydrogen-bond acceptors (Lipinski definition) is 6. The smallest absolute Gasteiger partial charge is 0.336 e. The summed E-state index contributed by atoms with van der Waals surface area (Å²) in [6.07, 6.45) is 8.40. The number of amides is 3. The number of carbonyl (C=O) groups excluding carboxylic acids is 2. The number of rotatable bonds is 5. The van der Waals surface area contributed by atoms with Crippen molar-refractivity contribution in [3.63, 3.8) is 0 Å². The summed E-state index contributed by atoms with van der Waals surface area (Å²) < 4.78 is 40.0. The van der Waals surface area contributed by atoms with Crippen molar-refractivity contribution in [1.29, 1.82) is 5.26 Å². The summed E-state index contributed by atoms with van der Waals surface area (Å²) in [6.45, 7) is 3.79. The average Bonchev–Trinajstić information content (AvgIpc) is 3.11. The number of allylic oxidation sites excluding steroid dienone is 2. The zero-order chi connectivity index (χ0) is 26.0. The Balaban J connectivity index is 1.44. The predicted molar refractivity (Wildman–Crippen MR) is 132 cm³/mol. The van der Waals surface area contributed by atoms with Crippen molar-refractivity contribution in [2.24, 2.45) is 23.7 Å². The van der Waals surface area contributed by atoms with Gasteiger partial charge in [-0.3, -0.25) is 4.79 Å². The number of hydrogen-bond donors (Lipinski definition) is 3. The van der Waals surface area contributed by atoms with Crippen LogP contribution in [0.15, 0.2) is 35.2 Å². The molecule has 4 unspecified atom stereocenters. The van der Waals surface area contributed by atoms with Gasteiger partial charge in [-0.25, -0.2) is 21.9 Å². The number of nitrogens with one attached hydrogen (secondary N) is 3. The van der Waals surface area contributed by atoms with E-state index < -0.39 is 39.2 Å². The van der Waals surface area contributed by atoms with E-state index in [4.69, 9.17) is 0 Å². The van der Waals surface area contributed by atoms with Crippen molar-refractivity contribution < 1.29 is 22.4 Å². The summed E-state index contributed by atoms with van der Waals surface area (Å²) in [5.41, 5.74) is -0.0275. The Morgan fingerprint density at radius 3 is 2.67 bits per heavy atom. The van der Waals surface area contributed by atoms with E-state index in [0.717, 1.165) is 37.8 Å². The standard InChI is InChI=1S/C25H32FN5O4S/c1-15-19(13-28-21(12-27)24(15)17-7-5-3-4-6-8-17)16(2)29-23(32)14-31-25(33)30-20-10-9-18(26)11-22(20)36(31,34)35/h3-4,9-11,15-17,19,21,24,28H,5-8,13-14H2,1-2H3,(H,29,32)(H,30,33)/t15?,16-,19?,21?,24?/m0/s1. The Kier molecular flexibility index (Phi) is 7.66. The summed E-state index contributed by atoms with van der Waals surface area (Å²) in [5.74, 6) is -0.716. The fourth-order valence-corrected chi connectivity index (χ4v) is 7.38. The molecule has 0 spiro atoms. The number of nitrogens with zero attached hydrogens (tertiary/aromatic N) is 2. The minimum atomic E-state index is -4.39. The average molecular weight is 518 g/mol. The van der Waals surface area contributed by atoms with E-state index >= 15 is 0 Å². The highest BCUT2D eigenvalue weighted by Crippen LogP contribution is 2.40. The normalized spacial score (nSPS) is 28.8. The van der Waals surface area contributed by atoms with Crippen LogP contribution in [0.3, 0.4) is 0 Å². The molecule has 3 amide bonds. The van der Waals surface area contributed by atoms with Crippen LogP contribution in [-0.2, 0) is 14.8 Å². The Bertz CT molecular complexity index is 1190. The molecular weight excluding hydrogens is 485 g/mol. The molecule has 1 saturated heterocycles. The van der Waals surface area contributed by atoms with Crippen molar-refractivity contribution >= 4 is 27.6 Å². The van der Waals surface area contributed by atoms with Gasteiger partial charge < -0.3 is 16.0 Å². The lowest BCUT2D eigenvalue weighted by molar-refractivity contribution is -0.122. The molecule has 1 aromatic rings. The van der Waals surface area contributed by atoms with Crippen molar-refractivity contribution in [3.05, 3.63) is 36.2 Å². The fraction of sp³-hybridized carbons (Fsp3) is 0.560. The molecule has 11 heteroatoms. The number of nitriles is 1. The summed E-state index contributed by atoms with van der Waals surface area (Å²) in [4.78, 5) is 25.0. The van der Waals surface area contributed by atoms with E-state index in [2.05, 4.69) is 41.1 Å². The number of benzene rings is 1. The summed E-state index contributed by atoms with van der Waals surface area (Å²) >= 11 is 0. The van der Waals surface area contributed by atoms with Gasteiger partial charge in [-0.1, -0.05) is 19.1 Å². The molecule has 0 aromatic heterocycles. The molecule has 2 heterocycles. The lowest BCUT2D eigenvalue weighted by Crippen LogP contribution is -2.58. The van der Waals surface area contributed by atoms with Gasteiger partial charge in [0.2, 0.25) is 5.91 Å². The first kappa shape index (κ1) is 26.1. The van der Waals surface area contributed by atoms with Crippen LogP contribution >= 0.6 is 0 Å². The van der Waals surface area contributed by atoms with Gasteiger partial charge >= 0.3 is 6.03 Å². The molecule has 0 saturated carbocycles. The minimum absolute atomic E-state index is 0.0152. The summed E-state index contributed by atoms with van der Waals surface area (Å²) in [6, 6.07) is 3.91. The van der Waals surface area contributed by atoms with E-state index in [1.165, 1.54) is 6.07 Å². The number of sulfonamides is 1. The molecule has 0 radical (unpaired) electrons. The highest BCUT2D eigenvalue weighted by molar-refractivity contribution is 7.90. The van der Waals surface area contributed by atoms with E-state index in [0.29, 0.717) is 16.8 Å². The van der Waals surface area contributed by atoms with Crippen molar-refractivity contribution in [3.8, 4) is 6.07 Å². The highest BCUT2D eigenvalue weighted by atomic mass is 32.2. The van der Waals surface area contributed by atoms with Crippen molar-refractivity contribution in [1.82, 2.24) is 14.9 Å². The molecule has 4 rings (SSSR count). The first-order chi connectivity index (χ1) is 17.1. The van der Waals surface area contributed by atoms with Crippen LogP contribution in [0.5, 0.6) is 0 Å². The maximum absolute atomic E-state index is 13.7. The van der Waals surface area contributed by atoms with E-state index in [-0.39, 0.29) is 35.5 Å². The fourth-order valence-electron chi connectivity index (χ4n) is 5.94. The number of anilines is 1. The van der Waals surface area contributed by atoms with Crippen LogP contribution in [0.2, 0.25) is 0 Å². The largest absolute Gasteiger partial charge is 0.352 e. The number of piperidine rings is 1. The van der Waals surface area contributed by atoms with Crippen LogP contribution < -0.4 is 16.0 Å². The van der Waals surface area contributed by atoms with E-state index in [9.17, 15) is 27.7 Å². The van der Waals surface area contributed by atoms with Gasteiger partial charge in [-0.15, -0.1) is 0 Å². The van der Waals surface area contributed by atoms with Crippen molar-refractivity contribution in [2.75, 3.05) is 18.4 Å². The summed E-state index contributed by atoms with van der Waals surface area (Å²) in [7, 11) is -4.39. The molecule has 1 aromatic carbocycles. The molecule has 194 valence electrons. The van der Waals surface area contributed by atoms with Gasteiger partial charge in [0.05, 0.1) is 17.8 Å². The lowest BCUT2D eigenvalue weighted by Gasteiger charge is -2.45. The van der Waals surface area contributed by atoms with Crippen LogP contribution in [0, 0.1) is 40.8 Å². The number of urea groups is 1. The maximum Gasteiger partial charge on any atom is 0.336 e. The van der Waals surface area contributed by atoms with Gasteiger partial charge in [-0.2, -0.15) is 5.26 Å². The lowest BCUT2D eigenvalue weighted by atomic mass is 9.66. The number of halogens is 1. The van der Waals surface area contributed by atoms with Crippen LogP contribution in [-0.4, -0.2) is 49.8 Å². The molecule has 36 heavy (non-hydrogen) atoms. The maximum atomic E-state index is 13.7. The molecule has 3 aliphatic rings. The Morgan fingerprint density at radius 1 is 1.31 bits per heavy atom. The van der Waals surface area contributed by atoms with Gasteiger partial charge in [0.1, 0.15) is 17.3 Å². The van der Waals surface area contributed by atoms with Gasteiger partial charge in [0.25, 0.3) is 10.0 Å². The Hall–Kier alpha value is -2.97. The van der Waals surface area contributed by atoms with Gasteiger partial charge in [-0.05, 0) is 74.5 Å². The third-order valence-corrected chi connectivity index (χ3v) is 9.57. The predicted octanol–water partition coefficient (Wildman–Crippen LogP) is 2.98. The molecule has 9 nitrogen and oxygen atoms in total. The van der Waals surface area contributed by atoms with E-state index in [1.807, 2.05) is 6.92 Å². The topological polar surface area (TPSA) is 131 Å². The van der Waals surface area contributed by atoms with E-state index in [1.54, 1.807) is 0 Å². The second-order valence-electron chi connectivity index (χ2n) is 9.94. The number of fused-ring (bicyclic) bond motifs is 1. The second-order valence-corrected chi connectivity index (χ2v) is 11.8. The SMILES string of the molecule is CC1C(C2CCC=CCC2)C(C#N)NCC1[C@H](C)NC(=O)CN1C(=O)Nc2ccc(F)cc2S1(=O)=O. The minimum Gasteiger partial charge on any atom is -0.352 e. The Labute approximate surface area is 211 Å². The molecule has 0 bridgehead atoms. The molecule has 5 atom stereocenters. The third kappa shape index (κ3) is 5.11. The third-order valence-electron chi connectivity index (χ3n) is 7.80. The first-order valence-electron chi connectivity index (χ1n) is 12.3. The first-order valence-corrected chi connectivity index (χ1v) is 13.8. The van der Waals surface area contributed by atoms with Crippen LogP contribution in [0.25, 0.3) is 0 Å². The molecule has 1 fully saturated rings. The molecule has 2 aliphatic heterocycles. The van der Waals surface area contributed by atoms with Gasteiger partial charge in [0.15, 0.2) is 0 Å². The van der Waals surface area contributed by atoms with Crippen molar-refractivity contribution in [2.45, 2.75) is 56.5 Å². The number of carbonyl (C=O) groups is 2. The molecule has 1 aliphatic carbocycles. The molecule has 3 N–H and O–H groups in total. The highest BCUT2D eigenvalue weighted by Gasteiger charge is 2.43. The second kappa shape index (κ2) is 10.6. The van der Waals surface area contributed by atoms with Crippen LogP contribution in [0.1, 0.15) is 39.5 Å². The zero-order valence-electron chi connectivity index (χ0n) is 20.4. The monoisotopic (exact) mass is 517 g/mol. The van der Waals surface area contributed by atoms with Gasteiger partial charge in [0, 0.05) is 12.6 Å².